The van der Waals surface area contributed by atoms with Gasteiger partial charge in [0.25, 0.3) is 0 Å². The van der Waals surface area contributed by atoms with Gasteiger partial charge >= 0.3 is 18.0 Å². The van der Waals surface area contributed by atoms with Crippen molar-refractivity contribution in [2.24, 2.45) is 16.5 Å². The van der Waals surface area contributed by atoms with Crippen LogP contribution in [0.2, 0.25) is 0 Å². The molecule has 0 saturated heterocycles. The number of aliphatic carboxylic acids is 2. The van der Waals surface area contributed by atoms with Gasteiger partial charge in [0.2, 0.25) is 5.54 Å². The van der Waals surface area contributed by atoms with Gasteiger partial charge in [-0.3, -0.25) is 9.89 Å². The molecule has 10 nitrogen and oxygen atoms in total. The molecule has 10 heteroatoms. The Labute approximate surface area is 108 Å². The van der Waals surface area contributed by atoms with Gasteiger partial charge in [-0.15, -0.1) is 0 Å². The first-order chi connectivity index (χ1) is 8.66. The van der Waals surface area contributed by atoms with Crippen LogP contribution < -0.4 is 11.5 Å². The predicted octanol–water partition coefficient (Wildman–Crippen LogP) is -1.44. The number of nitrogens with two attached hydrogens (primary N) is 2. The molecule has 0 aromatic carbocycles. The lowest BCUT2D eigenvalue weighted by molar-refractivity contribution is -0.166. The minimum atomic E-state index is -2.56. The second kappa shape index (κ2) is 6.42. The second-order valence-electron chi connectivity index (χ2n) is 3.72. The fourth-order valence-electron chi connectivity index (χ4n) is 1.47. The molecule has 0 aromatic rings. The number of aliphatic imine (C=N–C) groups is 1. The topological polar surface area (TPSA) is 180 Å². The Hall–Kier alpha value is -2.52. The molecule has 0 aromatic heterocycles. The first-order valence-electron chi connectivity index (χ1n) is 5.15. The van der Waals surface area contributed by atoms with Crippen LogP contribution in [-0.4, -0.2) is 63.3 Å². The van der Waals surface area contributed by atoms with Crippen molar-refractivity contribution < 1.29 is 29.7 Å². The molecule has 0 aliphatic heterocycles. The van der Waals surface area contributed by atoms with E-state index in [0.29, 0.717) is 0 Å². The van der Waals surface area contributed by atoms with Crippen molar-refractivity contribution >= 4 is 24.0 Å². The number of hydrogen-bond donors (Lipinski definition) is 5. The summed E-state index contributed by atoms with van der Waals surface area (Å²) >= 11 is 0. The molecule has 0 unspecified atom stereocenters. The van der Waals surface area contributed by atoms with E-state index in [2.05, 4.69) is 4.99 Å². The smallest absolute Gasteiger partial charge is 0.408 e. The van der Waals surface area contributed by atoms with Crippen molar-refractivity contribution in [2.75, 3.05) is 13.6 Å². The summed E-state index contributed by atoms with van der Waals surface area (Å²) in [6.07, 6.45) is -2.13. The van der Waals surface area contributed by atoms with Crippen LogP contribution in [0, 0.1) is 0 Å². The van der Waals surface area contributed by atoms with E-state index >= 15 is 0 Å². The van der Waals surface area contributed by atoms with Crippen LogP contribution in [0.4, 0.5) is 4.79 Å². The zero-order valence-electron chi connectivity index (χ0n) is 10.2. The Balaban J connectivity index is 5.16. The Morgan fingerprint density at radius 1 is 1.16 bits per heavy atom. The molecule has 0 rings (SSSR count). The van der Waals surface area contributed by atoms with E-state index in [1.165, 1.54) is 0 Å². The highest BCUT2D eigenvalue weighted by Gasteiger charge is 2.52. The summed E-state index contributed by atoms with van der Waals surface area (Å²) in [5.41, 5.74) is 7.56. The van der Waals surface area contributed by atoms with Crippen molar-refractivity contribution in [2.45, 2.75) is 18.4 Å². The molecule has 19 heavy (non-hydrogen) atoms. The number of guanidine groups is 1. The van der Waals surface area contributed by atoms with E-state index in [1.807, 2.05) is 0 Å². The highest BCUT2D eigenvalue weighted by molar-refractivity contribution is 6.05. The van der Waals surface area contributed by atoms with Gasteiger partial charge in [0.1, 0.15) is 0 Å². The van der Waals surface area contributed by atoms with Gasteiger partial charge in [0.15, 0.2) is 5.96 Å². The first-order valence-corrected chi connectivity index (χ1v) is 5.15. The molecule has 1 amide bonds. The number of nitrogens with zero attached hydrogens (tertiary/aromatic N) is 2. The fourth-order valence-corrected chi connectivity index (χ4v) is 1.47. The zero-order chi connectivity index (χ0) is 15.2. The molecule has 0 atom stereocenters. The molecule has 0 saturated carbocycles. The number of rotatable bonds is 7. The largest absolute Gasteiger partial charge is 0.479 e. The lowest BCUT2D eigenvalue weighted by Crippen LogP contribution is -2.60. The summed E-state index contributed by atoms with van der Waals surface area (Å²) in [5, 5.41) is 26.9. The van der Waals surface area contributed by atoms with Gasteiger partial charge in [-0.05, 0) is 12.8 Å². The van der Waals surface area contributed by atoms with E-state index in [4.69, 9.17) is 26.8 Å². The van der Waals surface area contributed by atoms with Gasteiger partial charge in [-0.2, -0.15) is 0 Å². The first kappa shape index (κ1) is 16.5. The van der Waals surface area contributed by atoms with E-state index in [0.717, 1.165) is 7.05 Å². The van der Waals surface area contributed by atoms with Gasteiger partial charge in [-0.1, -0.05) is 0 Å². The van der Waals surface area contributed by atoms with Crippen LogP contribution in [0.15, 0.2) is 4.99 Å². The van der Waals surface area contributed by atoms with Crippen molar-refractivity contribution in [1.29, 1.82) is 0 Å². The third kappa shape index (κ3) is 3.72. The maximum atomic E-state index is 11.2. The van der Waals surface area contributed by atoms with Crippen LogP contribution in [0.3, 0.4) is 0 Å². The minimum Gasteiger partial charge on any atom is -0.479 e. The SMILES string of the molecule is CN(C(=O)O)C(CCCN=C(N)N)(C(=O)O)C(=O)O. The quantitative estimate of drug-likeness (QED) is 0.162. The summed E-state index contributed by atoms with van der Waals surface area (Å²) < 4.78 is 0. The zero-order valence-corrected chi connectivity index (χ0v) is 10.2. The molecule has 0 fully saturated rings. The van der Waals surface area contributed by atoms with E-state index in [1.54, 1.807) is 0 Å². The van der Waals surface area contributed by atoms with E-state index in [9.17, 15) is 14.4 Å². The third-order valence-corrected chi connectivity index (χ3v) is 2.56. The Kier molecular flexibility index (Phi) is 5.57. The van der Waals surface area contributed by atoms with Gasteiger partial charge in [0.05, 0.1) is 0 Å². The highest BCUT2D eigenvalue weighted by Crippen LogP contribution is 2.22. The summed E-state index contributed by atoms with van der Waals surface area (Å²) in [5.74, 6) is -3.76. The van der Waals surface area contributed by atoms with Gasteiger partial charge < -0.3 is 26.8 Å². The van der Waals surface area contributed by atoms with Crippen molar-refractivity contribution in [3.63, 3.8) is 0 Å². The lowest BCUT2D eigenvalue weighted by Gasteiger charge is -2.32. The fraction of sp³-hybridized carbons (Fsp3) is 0.556. The number of carbonyl (C=O) groups is 3. The summed E-state index contributed by atoms with van der Waals surface area (Å²) in [6.45, 7) is -0.00188. The summed E-state index contributed by atoms with van der Waals surface area (Å²) in [6, 6.07) is 0. The van der Waals surface area contributed by atoms with Crippen LogP contribution in [0.5, 0.6) is 0 Å². The molecule has 0 radical (unpaired) electrons. The Bertz CT molecular complexity index is 390. The maximum Gasteiger partial charge on any atom is 0.408 e. The predicted molar refractivity (Wildman–Crippen MR) is 63.7 cm³/mol. The number of likely N-dealkylation sites (N-methyl/N-ethyl adjacent to an activating group) is 1. The number of carboxylic acid groups (broad SMARTS) is 3. The van der Waals surface area contributed by atoms with Crippen molar-refractivity contribution in [1.82, 2.24) is 4.90 Å². The number of amides is 1. The molecule has 0 bridgehead atoms. The van der Waals surface area contributed by atoms with E-state index < -0.39 is 30.0 Å². The second-order valence-corrected chi connectivity index (χ2v) is 3.72. The van der Waals surface area contributed by atoms with Crippen LogP contribution >= 0.6 is 0 Å². The molecule has 0 heterocycles. The normalized spacial score (nSPS) is 10.6. The van der Waals surface area contributed by atoms with Gasteiger partial charge in [0, 0.05) is 13.6 Å². The van der Waals surface area contributed by atoms with Crippen LogP contribution in [0.25, 0.3) is 0 Å². The summed E-state index contributed by atoms with van der Waals surface area (Å²) in [7, 11) is 0.880. The molecule has 7 N–H and O–H groups in total. The Morgan fingerprint density at radius 2 is 1.63 bits per heavy atom. The Morgan fingerprint density at radius 3 is 1.95 bits per heavy atom. The van der Waals surface area contributed by atoms with Crippen molar-refractivity contribution in [3.05, 3.63) is 0 Å². The molecule has 0 aliphatic carbocycles. The number of hydrogen-bond acceptors (Lipinski definition) is 4. The lowest BCUT2D eigenvalue weighted by atomic mass is 9.92. The average molecular weight is 276 g/mol. The van der Waals surface area contributed by atoms with E-state index in [-0.39, 0.29) is 23.8 Å². The van der Waals surface area contributed by atoms with Crippen molar-refractivity contribution in [3.8, 4) is 0 Å². The third-order valence-electron chi connectivity index (χ3n) is 2.56. The highest BCUT2D eigenvalue weighted by atomic mass is 16.4. The van der Waals surface area contributed by atoms with Gasteiger partial charge in [-0.25, -0.2) is 14.4 Å². The molecular formula is C9H16N4O6. The molecule has 0 aliphatic rings. The average Bonchev–Trinajstić information content (AvgIpc) is 2.26. The molecule has 0 spiro atoms. The number of carboxylic acids is 2. The van der Waals surface area contributed by atoms with Crippen LogP contribution in [0.1, 0.15) is 12.8 Å². The molecule has 108 valence electrons. The minimum absolute atomic E-state index is 0.00188. The van der Waals surface area contributed by atoms with Crippen LogP contribution in [-0.2, 0) is 9.59 Å². The summed E-state index contributed by atoms with van der Waals surface area (Å²) in [4.78, 5) is 37.0. The standard InChI is InChI=1S/C9H16N4O6/c1-13(8(18)19)9(5(14)15,6(16)17)3-2-4-12-7(10)11/h2-4H2,1H3,(H,14,15)(H,16,17)(H,18,19)(H4,10,11,12). The monoisotopic (exact) mass is 276 g/mol. The molecular weight excluding hydrogens is 260 g/mol. The maximum absolute atomic E-state index is 11.2.